The number of halogens is 3. The summed E-state index contributed by atoms with van der Waals surface area (Å²) in [6.07, 6.45) is 0. The number of ether oxygens (including phenoxy) is 3. The SMILES string of the molecule is COc1ccc(CN2CCN(Cc3ccc(C(=O)N=C(N)N)cc3NC(=O)c3ccc(F)cc3F)CC2)c(OC)c1OC.Cl. The fourth-order valence-corrected chi connectivity index (χ4v) is 4.88. The quantitative estimate of drug-likeness (QED) is 0.226. The molecule has 0 spiro atoms. The molecule has 0 atom stereocenters. The lowest BCUT2D eigenvalue weighted by atomic mass is 10.1. The highest BCUT2D eigenvalue weighted by Gasteiger charge is 2.23. The number of methoxy groups -OCH3 is 3. The van der Waals surface area contributed by atoms with Crippen LogP contribution in [0.25, 0.3) is 0 Å². The normalized spacial score (nSPS) is 13.4. The van der Waals surface area contributed by atoms with Crippen LogP contribution in [0.1, 0.15) is 31.8 Å². The maximum absolute atomic E-state index is 14.3. The van der Waals surface area contributed by atoms with Gasteiger partial charge in [-0.1, -0.05) is 12.1 Å². The molecule has 0 bridgehead atoms. The summed E-state index contributed by atoms with van der Waals surface area (Å²) in [7, 11) is 4.73. The van der Waals surface area contributed by atoms with E-state index in [1.165, 1.54) is 6.07 Å². The first-order valence-electron chi connectivity index (χ1n) is 13.4. The van der Waals surface area contributed by atoms with E-state index in [0.29, 0.717) is 55.1 Å². The van der Waals surface area contributed by atoms with E-state index in [1.54, 1.807) is 33.5 Å². The molecule has 11 nitrogen and oxygen atoms in total. The number of guanidine groups is 1. The Morgan fingerprint density at radius 2 is 1.45 bits per heavy atom. The van der Waals surface area contributed by atoms with Gasteiger partial charge in [-0.25, -0.2) is 8.78 Å². The van der Waals surface area contributed by atoms with Crippen molar-refractivity contribution in [2.24, 2.45) is 16.5 Å². The first kappa shape index (κ1) is 34.0. The highest BCUT2D eigenvalue weighted by molar-refractivity contribution is 6.06. The van der Waals surface area contributed by atoms with E-state index in [4.69, 9.17) is 25.7 Å². The molecule has 1 fully saturated rings. The topological polar surface area (TPSA) is 145 Å². The van der Waals surface area contributed by atoms with E-state index in [-0.39, 0.29) is 29.2 Å². The van der Waals surface area contributed by atoms with Gasteiger partial charge in [-0.3, -0.25) is 19.4 Å². The van der Waals surface area contributed by atoms with E-state index >= 15 is 0 Å². The van der Waals surface area contributed by atoms with E-state index in [9.17, 15) is 18.4 Å². The van der Waals surface area contributed by atoms with Crippen LogP contribution in [0.3, 0.4) is 0 Å². The summed E-state index contributed by atoms with van der Waals surface area (Å²) in [5.74, 6) is -1.96. The molecule has 0 unspecified atom stereocenters. The lowest BCUT2D eigenvalue weighted by Crippen LogP contribution is -2.45. The van der Waals surface area contributed by atoms with Gasteiger partial charge in [0, 0.05) is 62.1 Å². The van der Waals surface area contributed by atoms with Crippen LogP contribution < -0.4 is 31.0 Å². The average Bonchev–Trinajstić information content (AvgIpc) is 2.98. The van der Waals surface area contributed by atoms with E-state index in [0.717, 1.165) is 30.8 Å². The molecule has 0 aromatic heterocycles. The molecule has 2 amide bonds. The second-order valence-corrected chi connectivity index (χ2v) is 9.84. The van der Waals surface area contributed by atoms with Gasteiger partial charge in [-0.2, -0.15) is 4.99 Å². The van der Waals surface area contributed by atoms with Gasteiger partial charge in [0.2, 0.25) is 5.75 Å². The Bertz CT molecular complexity index is 1530. The largest absolute Gasteiger partial charge is 0.493 e. The molecule has 236 valence electrons. The highest BCUT2D eigenvalue weighted by atomic mass is 35.5. The maximum atomic E-state index is 14.3. The Labute approximate surface area is 260 Å². The van der Waals surface area contributed by atoms with Gasteiger partial charge in [0.15, 0.2) is 17.5 Å². The molecule has 1 aliphatic heterocycles. The molecule has 4 rings (SSSR count). The molecule has 44 heavy (non-hydrogen) atoms. The zero-order chi connectivity index (χ0) is 31.1. The molecule has 0 aliphatic carbocycles. The minimum absolute atomic E-state index is 0. The number of anilines is 1. The van der Waals surface area contributed by atoms with Crippen LogP contribution in [-0.2, 0) is 13.1 Å². The number of piperazine rings is 1. The number of hydrogen-bond donors (Lipinski definition) is 3. The summed E-state index contributed by atoms with van der Waals surface area (Å²) < 4.78 is 44.2. The van der Waals surface area contributed by atoms with Gasteiger partial charge in [0.25, 0.3) is 11.8 Å². The highest BCUT2D eigenvalue weighted by Crippen LogP contribution is 2.40. The molecule has 1 saturated heterocycles. The Hall–Kier alpha value is -4.46. The standard InChI is InChI=1S/C30H34F2N6O5.ClH/c1-41-25-9-6-20(26(42-2)27(25)43-3)17-38-12-10-37(11-13-38)16-19-5-4-18(28(39)36-30(33)34)14-24(19)35-29(40)22-8-7-21(31)15-23(22)32;/h4-9,14-15H,10-13,16-17H2,1-3H3,(H,35,40)(H4,33,34,36,39);1H. The number of amides is 2. The third-order valence-electron chi connectivity index (χ3n) is 7.05. The van der Waals surface area contributed by atoms with Gasteiger partial charge in [0.05, 0.1) is 26.9 Å². The van der Waals surface area contributed by atoms with Crippen molar-refractivity contribution in [3.05, 3.63) is 82.4 Å². The van der Waals surface area contributed by atoms with Gasteiger partial charge < -0.3 is 31.0 Å². The van der Waals surface area contributed by atoms with Crippen molar-refractivity contribution in [2.75, 3.05) is 52.8 Å². The number of benzene rings is 3. The molecule has 0 radical (unpaired) electrons. The summed E-state index contributed by atoms with van der Waals surface area (Å²) in [5.41, 5.74) is 12.4. The first-order valence-corrected chi connectivity index (χ1v) is 13.4. The predicted octanol–water partition coefficient (Wildman–Crippen LogP) is 3.40. The van der Waals surface area contributed by atoms with Crippen molar-refractivity contribution in [1.29, 1.82) is 0 Å². The van der Waals surface area contributed by atoms with Crippen LogP contribution in [0.15, 0.2) is 53.5 Å². The van der Waals surface area contributed by atoms with Gasteiger partial charge in [-0.05, 0) is 35.9 Å². The molecule has 5 N–H and O–H groups in total. The molecule has 3 aromatic carbocycles. The zero-order valence-corrected chi connectivity index (χ0v) is 25.4. The smallest absolute Gasteiger partial charge is 0.280 e. The third-order valence-corrected chi connectivity index (χ3v) is 7.05. The van der Waals surface area contributed by atoms with Gasteiger partial charge in [0.1, 0.15) is 11.6 Å². The molecule has 14 heteroatoms. The second kappa shape index (κ2) is 15.3. The Kier molecular flexibility index (Phi) is 11.9. The monoisotopic (exact) mass is 632 g/mol. The van der Waals surface area contributed by atoms with Gasteiger partial charge in [-0.15, -0.1) is 12.4 Å². The van der Waals surface area contributed by atoms with E-state index in [1.807, 2.05) is 12.1 Å². The summed E-state index contributed by atoms with van der Waals surface area (Å²) in [6.45, 7) is 4.01. The minimum Gasteiger partial charge on any atom is -0.493 e. The number of rotatable bonds is 10. The lowest BCUT2D eigenvalue weighted by Gasteiger charge is -2.35. The summed E-state index contributed by atoms with van der Waals surface area (Å²) in [6, 6.07) is 11.2. The number of carbonyl (C=O) groups excluding carboxylic acids is 2. The first-order chi connectivity index (χ1) is 20.6. The lowest BCUT2D eigenvalue weighted by molar-refractivity contribution is 0.0997. The number of nitrogens with one attached hydrogen (secondary N) is 1. The second-order valence-electron chi connectivity index (χ2n) is 9.84. The molecule has 3 aromatic rings. The Morgan fingerprint density at radius 3 is 2.02 bits per heavy atom. The van der Waals surface area contributed by atoms with Crippen molar-refractivity contribution in [2.45, 2.75) is 13.1 Å². The summed E-state index contributed by atoms with van der Waals surface area (Å²) in [4.78, 5) is 33.4. The molecular weight excluding hydrogens is 598 g/mol. The minimum atomic E-state index is -1.01. The Balaban J connectivity index is 0.00000529. The zero-order valence-electron chi connectivity index (χ0n) is 24.6. The number of nitrogens with zero attached hydrogens (tertiary/aromatic N) is 3. The van der Waals surface area contributed by atoms with Crippen molar-refractivity contribution < 1.29 is 32.6 Å². The van der Waals surface area contributed by atoms with Crippen molar-refractivity contribution in [1.82, 2.24) is 9.80 Å². The predicted molar refractivity (Wildman–Crippen MR) is 165 cm³/mol. The molecular formula is C30H35ClF2N6O5. The molecule has 0 saturated carbocycles. The van der Waals surface area contributed by atoms with Crippen LogP contribution in [0.5, 0.6) is 17.2 Å². The van der Waals surface area contributed by atoms with Crippen LogP contribution in [-0.4, -0.2) is 75.1 Å². The van der Waals surface area contributed by atoms with Gasteiger partial charge >= 0.3 is 0 Å². The summed E-state index contributed by atoms with van der Waals surface area (Å²) >= 11 is 0. The fraction of sp³-hybridized carbons (Fsp3) is 0.300. The van der Waals surface area contributed by atoms with Crippen LogP contribution in [0.4, 0.5) is 14.5 Å². The number of aliphatic imine (C=N–C) groups is 1. The van der Waals surface area contributed by atoms with Crippen LogP contribution >= 0.6 is 12.4 Å². The van der Waals surface area contributed by atoms with Crippen molar-refractivity contribution in [3.8, 4) is 17.2 Å². The van der Waals surface area contributed by atoms with Crippen LogP contribution in [0.2, 0.25) is 0 Å². The fourth-order valence-electron chi connectivity index (χ4n) is 4.88. The third kappa shape index (κ3) is 8.13. The maximum Gasteiger partial charge on any atom is 0.280 e. The number of hydrogen-bond acceptors (Lipinski definition) is 7. The van der Waals surface area contributed by atoms with Crippen molar-refractivity contribution in [3.63, 3.8) is 0 Å². The molecule has 1 heterocycles. The average molecular weight is 633 g/mol. The molecule has 1 aliphatic rings. The van der Waals surface area contributed by atoms with Crippen LogP contribution in [0, 0.1) is 11.6 Å². The van der Waals surface area contributed by atoms with E-state index < -0.39 is 29.4 Å². The van der Waals surface area contributed by atoms with E-state index in [2.05, 4.69) is 20.1 Å². The number of nitrogens with two attached hydrogens (primary N) is 2. The number of carbonyl (C=O) groups is 2. The summed E-state index contributed by atoms with van der Waals surface area (Å²) in [5, 5.41) is 2.66. The van der Waals surface area contributed by atoms with Crippen molar-refractivity contribution >= 4 is 35.9 Å². The Morgan fingerprint density at radius 1 is 0.841 bits per heavy atom.